The number of imide groups is 1. The number of rotatable bonds is 4. The molecule has 0 bridgehead atoms. The minimum absolute atomic E-state index is 0.0963. The average molecular weight is 247 g/mol. The van der Waals surface area contributed by atoms with E-state index in [1.807, 2.05) is 13.8 Å². The van der Waals surface area contributed by atoms with E-state index >= 15 is 0 Å². The Morgan fingerprint density at radius 1 is 1.38 bits per heavy atom. The monoisotopic (exact) mass is 246 g/mol. The van der Waals surface area contributed by atoms with Gasteiger partial charge in [0.2, 0.25) is 5.91 Å². The number of carbonyl (C=O) groups is 2. The molecule has 92 valence electrons. The van der Waals surface area contributed by atoms with E-state index in [1.54, 1.807) is 11.8 Å². The SMILES string of the molecule is CC(Cl)C(=O)NC(=O)N(CC1CC1)C(C)C. The molecule has 0 aromatic carbocycles. The first-order chi connectivity index (χ1) is 7.41. The van der Waals surface area contributed by atoms with Gasteiger partial charge in [-0.3, -0.25) is 10.1 Å². The van der Waals surface area contributed by atoms with Crippen LogP contribution in [0.4, 0.5) is 4.79 Å². The molecule has 1 N–H and O–H groups in total. The van der Waals surface area contributed by atoms with Crippen molar-refractivity contribution in [2.24, 2.45) is 5.92 Å². The molecule has 5 heteroatoms. The van der Waals surface area contributed by atoms with Gasteiger partial charge in [-0.25, -0.2) is 4.79 Å². The summed E-state index contributed by atoms with van der Waals surface area (Å²) in [6.45, 7) is 6.16. The molecular weight excluding hydrogens is 228 g/mol. The maximum atomic E-state index is 11.8. The van der Waals surface area contributed by atoms with Crippen molar-refractivity contribution in [3.8, 4) is 0 Å². The molecule has 0 saturated heterocycles. The quantitative estimate of drug-likeness (QED) is 0.771. The number of carbonyl (C=O) groups excluding carboxylic acids is 2. The summed E-state index contributed by atoms with van der Waals surface area (Å²) in [6, 6.07) is -0.238. The van der Waals surface area contributed by atoms with Crippen molar-refractivity contribution in [3.63, 3.8) is 0 Å². The second-order valence-electron chi connectivity index (χ2n) is 4.60. The van der Waals surface area contributed by atoms with Crippen LogP contribution in [0.25, 0.3) is 0 Å². The summed E-state index contributed by atoms with van der Waals surface area (Å²) in [5.74, 6) is 0.171. The van der Waals surface area contributed by atoms with Crippen LogP contribution in [-0.2, 0) is 4.79 Å². The summed E-state index contributed by atoms with van der Waals surface area (Å²) in [7, 11) is 0. The fraction of sp³-hybridized carbons (Fsp3) is 0.818. The molecular formula is C11H19ClN2O2. The maximum Gasteiger partial charge on any atom is 0.324 e. The fourth-order valence-electron chi connectivity index (χ4n) is 1.38. The molecule has 3 amide bonds. The zero-order valence-corrected chi connectivity index (χ0v) is 10.8. The van der Waals surface area contributed by atoms with E-state index in [4.69, 9.17) is 11.6 Å². The molecule has 4 nitrogen and oxygen atoms in total. The summed E-state index contributed by atoms with van der Waals surface area (Å²) in [5, 5.41) is 1.63. The van der Waals surface area contributed by atoms with Gasteiger partial charge in [0, 0.05) is 12.6 Å². The molecule has 1 saturated carbocycles. The number of nitrogens with one attached hydrogen (secondary N) is 1. The summed E-state index contributed by atoms with van der Waals surface area (Å²) in [4.78, 5) is 24.8. The van der Waals surface area contributed by atoms with Crippen molar-refractivity contribution in [2.75, 3.05) is 6.54 Å². The summed E-state index contributed by atoms with van der Waals surface area (Å²) >= 11 is 5.59. The number of nitrogens with zero attached hydrogens (tertiary/aromatic N) is 1. The second kappa shape index (κ2) is 5.53. The minimum Gasteiger partial charge on any atom is -0.322 e. The Bertz CT molecular complexity index is 275. The predicted octanol–water partition coefficient (Wildman–Crippen LogP) is 1.97. The first kappa shape index (κ1) is 13.3. The highest BCUT2D eigenvalue weighted by molar-refractivity contribution is 6.31. The van der Waals surface area contributed by atoms with E-state index < -0.39 is 11.3 Å². The highest BCUT2D eigenvalue weighted by atomic mass is 35.5. The molecule has 16 heavy (non-hydrogen) atoms. The largest absolute Gasteiger partial charge is 0.324 e. The van der Waals surface area contributed by atoms with Gasteiger partial charge < -0.3 is 4.90 Å². The zero-order chi connectivity index (χ0) is 12.3. The number of amides is 3. The normalized spacial score (nSPS) is 17.1. The van der Waals surface area contributed by atoms with Crippen LogP contribution in [-0.4, -0.2) is 34.8 Å². The Hall–Kier alpha value is -0.770. The highest BCUT2D eigenvalue weighted by Gasteiger charge is 2.29. The van der Waals surface area contributed by atoms with Crippen molar-refractivity contribution < 1.29 is 9.59 Å². The lowest BCUT2D eigenvalue weighted by Crippen LogP contribution is -2.48. The van der Waals surface area contributed by atoms with Crippen molar-refractivity contribution >= 4 is 23.5 Å². The molecule has 0 aromatic heterocycles. The van der Waals surface area contributed by atoms with Gasteiger partial charge in [-0.1, -0.05) is 0 Å². The van der Waals surface area contributed by atoms with Crippen molar-refractivity contribution in [3.05, 3.63) is 0 Å². The third-order valence-corrected chi connectivity index (χ3v) is 2.83. The minimum atomic E-state index is -0.682. The molecule has 0 aliphatic heterocycles. The standard InChI is InChI=1S/C11H19ClN2O2/c1-7(2)14(6-9-4-5-9)11(16)13-10(15)8(3)12/h7-9H,4-6H2,1-3H3,(H,13,15,16). The molecule has 1 unspecified atom stereocenters. The van der Waals surface area contributed by atoms with Crippen molar-refractivity contribution in [2.45, 2.75) is 45.0 Å². The Kier molecular flexibility index (Phi) is 4.59. The van der Waals surface area contributed by atoms with Crippen molar-refractivity contribution in [1.29, 1.82) is 0 Å². The van der Waals surface area contributed by atoms with E-state index in [0.717, 1.165) is 6.54 Å². The fourth-order valence-corrected chi connectivity index (χ4v) is 1.44. The van der Waals surface area contributed by atoms with Crippen molar-refractivity contribution in [1.82, 2.24) is 10.2 Å². The summed E-state index contributed by atoms with van der Waals surface area (Å²) in [5.41, 5.74) is 0. The third-order valence-electron chi connectivity index (χ3n) is 2.63. The van der Waals surface area contributed by atoms with Gasteiger partial charge in [-0.05, 0) is 39.5 Å². The molecule has 1 aliphatic carbocycles. The molecule has 1 rings (SSSR count). The van der Waals surface area contributed by atoms with Gasteiger partial charge in [-0.15, -0.1) is 11.6 Å². The summed E-state index contributed by atoms with van der Waals surface area (Å²) < 4.78 is 0. The highest BCUT2D eigenvalue weighted by Crippen LogP contribution is 2.30. The summed E-state index contributed by atoms with van der Waals surface area (Å²) in [6.07, 6.45) is 2.35. The molecule has 1 atom stereocenters. The molecule has 1 fully saturated rings. The maximum absolute atomic E-state index is 11.8. The Morgan fingerprint density at radius 2 is 1.94 bits per heavy atom. The number of alkyl halides is 1. The van der Waals surface area contributed by atoms with Crippen LogP contribution >= 0.6 is 11.6 Å². The van der Waals surface area contributed by atoms with E-state index in [0.29, 0.717) is 5.92 Å². The van der Waals surface area contributed by atoms with E-state index in [9.17, 15) is 9.59 Å². The van der Waals surface area contributed by atoms with Gasteiger partial charge in [-0.2, -0.15) is 0 Å². The lowest BCUT2D eigenvalue weighted by molar-refractivity contribution is -0.119. The number of urea groups is 1. The lowest BCUT2D eigenvalue weighted by atomic mass is 10.3. The molecule has 0 spiro atoms. The second-order valence-corrected chi connectivity index (χ2v) is 5.25. The Balaban J connectivity index is 2.49. The zero-order valence-electron chi connectivity index (χ0n) is 10.00. The van der Waals surface area contributed by atoms with E-state index in [-0.39, 0.29) is 12.1 Å². The smallest absolute Gasteiger partial charge is 0.322 e. The van der Waals surface area contributed by atoms with Gasteiger partial charge >= 0.3 is 6.03 Å². The van der Waals surface area contributed by atoms with Crippen LogP contribution in [0.3, 0.4) is 0 Å². The van der Waals surface area contributed by atoms with Gasteiger partial charge in [0.25, 0.3) is 0 Å². The third kappa shape index (κ3) is 4.00. The van der Waals surface area contributed by atoms with E-state index in [1.165, 1.54) is 12.8 Å². The topological polar surface area (TPSA) is 49.4 Å². The first-order valence-electron chi connectivity index (χ1n) is 5.67. The van der Waals surface area contributed by atoms with Gasteiger partial charge in [0.15, 0.2) is 0 Å². The number of halogens is 1. The first-order valence-corrected chi connectivity index (χ1v) is 6.11. The van der Waals surface area contributed by atoms with Crippen LogP contribution in [0, 0.1) is 5.92 Å². The van der Waals surface area contributed by atoms with Crippen LogP contribution in [0.5, 0.6) is 0 Å². The van der Waals surface area contributed by atoms with Crippen LogP contribution in [0.15, 0.2) is 0 Å². The predicted molar refractivity (Wildman–Crippen MR) is 63.4 cm³/mol. The Morgan fingerprint density at radius 3 is 2.31 bits per heavy atom. The average Bonchev–Trinajstić information content (AvgIpc) is 2.96. The lowest BCUT2D eigenvalue weighted by Gasteiger charge is -2.26. The van der Waals surface area contributed by atoms with Crippen LogP contribution in [0.2, 0.25) is 0 Å². The number of hydrogen-bond acceptors (Lipinski definition) is 2. The molecule has 0 heterocycles. The van der Waals surface area contributed by atoms with Gasteiger partial charge in [0.05, 0.1) is 0 Å². The van der Waals surface area contributed by atoms with Crippen LogP contribution < -0.4 is 5.32 Å². The van der Waals surface area contributed by atoms with Crippen LogP contribution in [0.1, 0.15) is 33.6 Å². The Labute approximate surface area is 101 Å². The molecule has 0 aromatic rings. The molecule has 0 radical (unpaired) electrons. The van der Waals surface area contributed by atoms with Gasteiger partial charge in [0.1, 0.15) is 5.38 Å². The number of hydrogen-bond donors (Lipinski definition) is 1. The molecule has 1 aliphatic rings. The van der Waals surface area contributed by atoms with E-state index in [2.05, 4.69) is 5.32 Å².